The van der Waals surface area contributed by atoms with Crippen molar-refractivity contribution in [3.8, 4) is 11.1 Å². The van der Waals surface area contributed by atoms with Crippen LogP contribution in [-0.4, -0.2) is 47.8 Å². The fraction of sp³-hybridized carbons (Fsp3) is 0.385. The largest absolute Gasteiger partial charge is 0.366 e. The van der Waals surface area contributed by atoms with Crippen LogP contribution in [-0.2, 0) is 15.6 Å². The first-order valence-electron chi connectivity index (χ1n) is 32.4. The van der Waals surface area contributed by atoms with Crippen LogP contribution in [0.2, 0.25) is 0 Å². The lowest BCUT2D eigenvalue weighted by Crippen LogP contribution is -2.47. The maximum Gasteiger partial charge on any atom is 0.157 e. The van der Waals surface area contributed by atoms with Gasteiger partial charge in [0.15, 0.2) is 12.3 Å². The van der Waals surface area contributed by atoms with Gasteiger partial charge in [-0.3, -0.25) is 0 Å². The molecule has 0 N–H and O–H groups in total. The van der Waals surface area contributed by atoms with Crippen molar-refractivity contribution in [2.45, 2.75) is 150 Å². The fourth-order valence-corrected chi connectivity index (χ4v) is 18.6. The summed E-state index contributed by atoms with van der Waals surface area (Å²) < 4.78 is 134. The van der Waals surface area contributed by atoms with Gasteiger partial charge >= 0.3 is 0 Å². The van der Waals surface area contributed by atoms with E-state index in [0.29, 0.717) is 67.6 Å². The highest BCUT2D eigenvalue weighted by atomic mass is 19.2. The number of hydrogen-bond acceptors (Lipinski definition) is 3. The molecule has 1 aliphatic heterocycles. The topological polar surface area (TPSA) is 15.7 Å². The Morgan fingerprint density at radius 2 is 1.38 bits per heavy atom. The second kappa shape index (κ2) is 22.9. The van der Waals surface area contributed by atoms with Gasteiger partial charge in [0.1, 0.15) is 29.8 Å². The lowest BCUT2D eigenvalue weighted by atomic mass is 9.54. The molecule has 16 unspecified atom stereocenters. The molecule has 89 heavy (non-hydrogen) atoms. The molecule has 3 nitrogen and oxygen atoms in total. The van der Waals surface area contributed by atoms with Gasteiger partial charge < -0.3 is 14.5 Å². The second-order valence-electron chi connectivity index (χ2n) is 26.8. The van der Waals surface area contributed by atoms with E-state index in [1.165, 1.54) is 27.8 Å². The highest BCUT2D eigenvalue weighted by Gasteiger charge is 2.59. The minimum Gasteiger partial charge on any atom is -0.366 e. The van der Waals surface area contributed by atoms with E-state index in [1.807, 2.05) is 65.6 Å². The molecule has 0 bridgehead atoms. The summed E-state index contributed by atoms with van der Waals surface area (Å²) in [4.78, 5) is 3.63. The highest BCUT2D eigenvalue weighted by Crippen LogP contribution is 2.66. The summed E-state index contributed by atoms with van der Waals surface area (Å²) in [5.41, 5.74) is 10.8. The van der Waals surface area contributed by atoms with Gasteiger partial charge in [-0.05, 0) is 164 Å². The van der Waals surface area contributed by atoms with Gasteiger partial charge in [0.2, 0.25) is 0 Å². The minimum atomic E-state index is -2.07. The molecule has 0 saturated carbocycles. The number of alkyl halides is 4. The lowest BCUT2D eigenvalue weighted by Gasteiger charge is -2.51. The molecule has 11 aliphatic carbocycles. The summed E-state index contributed by atoms with van der Waals surface area (Å²) in [5, 5.41) is 0. The Balaban J connectivity index is 0.843. The minimum absolute atomic E-state index is 0.0135. The van der Waals surface area contributed by atoms with Crippen molar-refractivity contribution in [1.29, 1.82) is 0 Å². The Labute approximate surface area is 517 Å². The van der Waals surface area contributed by atoms with Crippen LogP contribution in [0.3, 0.4) is 0 Å². The van der Waals surface area contributed by atoms with Crippen LogP contribution in [0.25, 0.3) is 11.1 Å². The number of ether oxygens (including phenoxy) is 1. The molecule has 16 atom stereocenters. The van der Waals surface area contributed by atoms with Gasteiger partial charge in [-0.2, -0.15) is 0 Å². The number of allylic oxidation sites excluding steroid dienone is 21. The molecular formula is C78H74F8N2O. The van der Waals surface area contributed by atoms with E-state index in [4.69, 9.17) is 4.74 Å². The number of anilines is 1. The molecule has 458 valence electrons. The Kier molecular flexibility index (Phi) is 15.0. The first kappa shape index (κ1) is 58.2. The molecule has 11 heteroatoms. The van der Waals surface area contributed by atoms with Crippen molar-refractivity contribution in [2.24, 2.45) is 35.5 Å². The smallest absolute Gasteiger partial charge is 0.157 e. The summed E-state index contributed by atoms with van der Waals surface area (Å²) in [6.07, 6.45) is 29.5. The van der Waals surface area contributed by atoms with Crippen molar-refractivity contribution < 1.29 is 39.9 Å². The average molecular weight is 1210 g/mol. The van der Waals surface area contributed by atoms with Gasteiger partial charge in [0.05, 0.1) is 35.5 Å². The Bertz CT molecular complexity index is 3860. The first-order valence-corrected chi connectivity index (χ1v) is 32.4. The van der Waals surface area contributed by atoms with E-state index in [2.05, 4.69) is 98.1 Å². The monoisotopic (exact) mass is 1210 g/mol. The summed E-state index contributed by atoms with van der Waals surface area (Å²) in [6, 6.07) is 22.6. The molecule has 3 aromatic rings. The van der Waals surface area contributed by atoms with Crippen molar-refractivity contribution in [1.82, 2.24) is 4.90 Å². The zero-order valence-corrected chi connectivity index (χ0v) is 49.9. The third kappa shape index (κ3) is 9.41. The molecular weight excluding hydrogens is 1130 g/mol. The van der Waals surface area contributed by atoms with Gasteiger partial charge in [-0.25, -0.2) is 35.1 Å². The lowest BCUT2D eigenvalue weighted by molar-refractivity contribution is 0.0874. The molecule has 12 aliphatic rings. The molecule has 3 aromatic carbocycles. The average Bonchev–Trinajstić information content (AvgIpc) is 1.57. The third-order valence-corrected chi connectivity index (χ3v) is 22.6. The number of rotatable bonds is 12. The Morgan fingerprint density at radius 3 is 2.11 bits per heavy atom. The van der Waals surface area contributed by atoms with Crippen molar-refractivity contribution in [2.75, 3.05) is 4.90 Å². The third-order valence-electron chi connectivity index (χ3n) is 22.6. The summed E-state index contributed by atoms with van der Waals surface area (Å²) >= 11 is 0. The molecule has 15 rings (SSSR count). The summed E-state index contributed by atoms with van der Waals surface area (Å²) in [7, 11) is 0. The number of nitrogens with zero attached hydrogens (tertiary/aromatic N) is 2. The van der Waals surface area contributed by atoms with E-state index in [1.54, 1.807) is 17.1 Å². The second-order valence-corrected chi connectivity index (χ2v) is 26.8. The zero-order chi connectivity index (χ0) is 61.0. The molecule has 0 aromatic heterocycles. The van der Waals surface area contributed by atoms with E-state index in [9.17, 15) is 0 Å². The predicted octanol–water partition coefficient (Wildman–Crippen LogP) is 20.1. The van der Waals surface area contributed by atoms with Gasteiger partial charge in [0.25, 0.3) is 0 Å². The van der Waals surface area contributed by atoms with Crippen LogP contribution in [0.4, 0.5) is 40.8 Å². The maximum absolute atomic E-state index is 17.1. The van der Waals surface area contributed by atoms with E-state index in [-0.39, 0.29) is 46.7 Å². The number of hydrogen-bond donors (Lipinski definition) is 0. The van der Waals surface area contributed by atoms with Crippen molar-refractivity contribution >= 4 is 5.69 Å². The van der Waals surface area contributed by atoms with Crippen LogP contribution < -0.4 is 4.90 Å². The van der Waals surface area contributed by atoms with Crippen molar-refractivity contribution in [3.05, 3.63) is 268 Å². The summed E-state index contributed by atoms with van der Waals surface area (Å²) in [6.45, 7) is 8.22. The van der Waals surface area contributed by atoms with Crippen LogP contribution >= 0.6 is 0 Å². The Morgan fingerprint density at radius 1 is 0.629 bits per heavy atom. The van der Waals surface area contributed by atoms with Gasteiger partial charge in [-0.1, -0.05) is 151 Å². The maximum atomic E-state index is 17.1. The zero-order valence-electron chi connectivity index (χ0n) is 49.9. The highest BCUT2D eigenvalue weighted by molar-refractivity contribution is 5.86. The molecule has 1 heterocycles. The number of halogens is 8. The Hall–Kier alpha value is -7.24. The van der Waals surface area contributed by atoms with Crippen molar-refractivity contribution in [3.63, 3.8) is 0 Å². The standard InChI is InChI=1S/C78H74F8N2O/c1-3-45-13-17-47(18-14-45)77(49-21-25-51(79)26-22-49)63-11-7-5-9-57(63)59-33-29-55(39-65(59)77)87(73-43-69(83)67(81)41-71(73)85)53-31-35-75-61(37-53)62-38-54(32-36-76(62)89-75)88(74-44-70(84)68(82)42-72(74)86)56-30-34-60-58-10-6-8-12-64(58)78(66(60)40-56,50-23-27-52(80)28-24-50)48-19-15-46(4-2)16-20-48/h3-13,19,21,25,27,29-38,40-41,44,46-47,50,55,59,61-62,65,68-70,72,75-76H,1-2,14-18,20,22-24,26,28,39,42-43H2. The quantitative estimate of drug-likeness (QED) is 0.133. The molecule has 0 radical (unpaired) electrons. The van der Waals surface area contributed by atoms with E-state index in [0.717, 1.165) is 66.9 Å². The fourth-order valence-electron chi connectivity index (χ4n) is 18.6. The van der Waals surface area contributed by atoms with E-state index >= 15 is 35.1 Å². The molecule has 0 spiro atoms. The normalized spacial score (nSPS) is 35.8. The predicted molar refractivity (Wildman–Crippen MR) is 337 cm³/mol. The van der Waals surface area contributed by atoms with Crippen LogP contribution in [0.15, 0.2) is 246 Å². The van der Waals surface area contributed by atoms with Crippen LogP contribution in [0.5, 0.6) is 0 Å². The molecule has 1 fully saturated rings. The number of benzene rings is 3. The van der Waals surface area contributed by atoms with Gasteiger partial charge in [0, 0.05) is 71.0 Å². The SMILES string of the molecule is C=CC1=CCC(C2(C3=CC=C(F)CC3)c3ccccc3C3C=CC(N(C4=CC5C(C=C4)OC4C=CC(N(C6=CC(F)C(F)CC6F)c6ccc7c(c6)C(C6=CCC(C=C)CC6)(C6CC=C(F)CC6)c6ccccc6-7)=CC45)C4=C(F)C=C(F)C(F)C4)CC32)CC1. The van der Waals surface area contributed by atoms with Crippen LogP contribution in [0.1, 0.15) is 118 Å². The number of fused-ring (bicyclic) bond motifs is 9. The van der Waals surface area contributed by atoms with Crippen LogP contribution in [0, 0.1) is 35.5 Å². The molecule has 0 amide bonds. The van der Waals surface area contributed by atoms with Gasteiger partial charge in [-0.15, -0.1) is 6.58 Å². The van der Waals surface area contributed by atoms with E-state index < -0.39 is 90.1 Å². The summed E-state index contributed by atoms with van der Waals surface area (Å²) in [5.74, 6) is -2.78. The molecule has 1 saturated heterocycles. The first-order chi connectivity index (χ1) is 43.3.